The largest absolute Gasteiger partial charge is 0.467 e. The quantitative estimate of drug-likeness (QED) is 0.269. The number of nitrogens with zero attached hydrogens (tertiary/aromatic N) is 3. The van der Waals surface area contributed by atoms with Crippen LogP contribution in [0.25, 0.3) is 17.0 Å². The lowest BCUT2D eigenvalue weighted by Gasteiger charge is -2.19. The lowest BCUT2D eigenvalue weighted by molar-refractivity contribution is -0.149. The summed E-state index contributed by atoms with van der Waals surface area (Å²) in [4.78, 5) is 29.7. The molecule has 1 amide bonds. The number of aromatic nitrogens is 1. The molecule has 5 rings (SSSR count). The molecule has 1 aliphatic rings. The molecule has 0 spiro atoms. The summed E-state index contributed by atoms with van der Waals surface area (Å²) in [6.07, 6.45) is 6.61. The standard InChI is InChI=1S/C27H20ClN3O4/c28-21-11-8-18(9-12-21)22-16-23(24-7-3-15-34-24)31(30-22)25(32)17-35-26(33)13-10-20-5-1-4-19-6-2-14-29-27(19)20/h1-15,23H,16-17H2/b13-10+. The van der Waals surface area contributed by atoms with Gasteiger partial charge in [-0.3, -0.25) is 9.78 Å². The molecule has 35 heavy (non-hydrogen) atoms. The molecule has 0 aliphatic carbocycles. The number of furan rings is 1. The van der Waals surface area contributed by atoms with E-state index in [2.05, 4.69) is 10.1 Å². The van der Waals surface area contributed by atoms with Crippen LogP contribution in [-0.4, -0.2) is 34.2 Å². The molecule has 1 aliphatic heterocycles. The summed E-state index contributed by atoms with van der Waals surface area (Å²) < 4.78 is 10.8. The summed E-state index contributed by atoms with van der Waals surface area (Å²) in [6, 6.07) is 19.8. The van der Waals surface area contributed by atoms with Gasteiger partial charge in [0.2, 0.25) is 0 Å². The highest BCUT2D eigenvalue weighted by Crippen LogP contribution is 2.33. The minimum atomic E-state index is -0.637. The van der Waals surface area contributed by atoms with Crippen LogP contribution in [0.2, 0.25) is 5.02 Å². The number of pyridine rings is 1. The average Bonchev–Trinajstić information content (AvgIpc) is 3.57. The molecule has 2 aromatic carbocycles. The van der Waals surface area contributed by atoms with Crippen LogP contribution in [0.5, 0.6) is 0 Å². The number of para-hydroxylation sites is 1. The molecule has 174 valence electrons. The monoisotopic (exact) mass is 485 g/mol. The number of carbonyl (C=O) groups is 2. The van der Waals surface area contributed by atoms with Crippen LogP contribution in [0.4, 0.5) is 0 Å². The number of fused-ring (bicyclic) bond motifs is 1. The van der Waals surface area contributed by atoms with Gasteiger partial charge in [-0.05, 0) is 42.0 Å². The molecule has 0 saturated carbocycles. The van der Waals surface area contributed by atoms with Crippen molar-refractivity contribution in [2.75, 3.05) is 6.61 Å². The number of halogens is 1. The van der Waals surface area contributed by atoms with E-state index < -0.39 is 24.5 Å². The summed E-state index contributed by atoms with van der Waals surface area (Å²) in [5.41, 5.74) is 3.12. The maximum atomic E-state index is 13.0. The first-order valence-corrected chi connectivity index (χ1v) is 11.3. The fourth-order valence-electron chi connectivity index (χ4n) is 3.93. The zero-order valence-corrected chi connectivity index (χ0v) is 19.3. The zero-order chi connectivity index (χ0) is 24.2. The Hall–Kier alpha value is -4.23. The minimum Gasteiger partial charge on any atom is -0.467 e. The smallest absolute Gasteiger partial charge is 0.331 e. The molecule has 8 heteroatoms. The molecule has 3 heterocycles. The van der Waals surface area contributed by atoms with E-state index in [1.165, 1.54) is 11.1 Å². The van der Waals surface area contributed by atoms with Crippen molar-refractivity contribution in [1.29, 1.82) is 0 Å². The van der Waals surface area contributed by atoms with Crippen LogP contribution in [0.15, 0.2) is 94.8 Å². The number of hydrazone groups is 1. The van der Waals surface area contributed by atoms with Gasteiger partial charge < -0.3 is 9.15 Å². The number of esters is 1. The third kappa shape index (κ3) is 5.00. The van der Waals surface area contributed by atoms with Crippen LogP contribution < -0.4 is 0 Å². The molecular weight excluding hydrogens is 466 g/mol. The second kappa shape index (κ2) is 9.95. The fraction of sp³-hybridized carbons (Fsp3) is 0.111. The zero-order valence-electron chi connectivity index (χ0n) is 18.5. The third-order valence-electron chi connectivity index (χ3n) is 5.62. The number of hydrogen-bond acceptors (Lipinski definition) is 6. The van der Waals surface area contributed by atoms with Crippen molar-refractivity contribution in [3.63, 3.8) is 0 Å². The van der Waals surface area contributed by atoms with Crippen molar-refractivity contribution < 1.29 is 18.7 Å². The predicted molar refractivity (Wildman–Crippen MR) is 133 cm³/mol. The highest BCUT2D eigenvalue weighted by Gasteiger charge is 2.35. The van der Waals surface area contributed by atoms with Crippen molar-refractivity contribution in [3.05, 3.63) is 107 Å². The molecule has 1 unspecified atom stereocenters. The number of carbonyl (C=O) groups excluding carboxylic acids is 2. The predicted octanol–water partition coefficient (Wildman–Crippen LogP) is 5.42. The van der Waals surface area contributed by atoms with Crippen molar-refractivity contribution in [2.24, 2.45) is 5.10 Å². The Kier molecular flexibility index (Phi) is 6.41. The Morgan fingerprint density at radius 3 is 2.71 bits per heavy atom. The van der Waals surface area contributed by atoms with E-state index >= 15 is 0 Å². The summed E-state index contributed by atoms with van der Waals surface area (Å²) in [6.45, 7) is -0.453. The van der Waals surface area contributed by atoms with Crippen molar-refractivity contribution in [2.45, 2.75) is 12.5 Å². The van der Waals surface area contributed by atoms with Gasteiger partial charge in [0, 0.05) is 34.7 Å². The Bertz CT molecular complexity index is 1420. The van der Waals surface area contributed by atoms with Crippen LogP contribution in [0, 0.1) is 0 Å². The maximum absolute atomic E-state index is 13.0. The molecule has 0 fully saturated rings. The van der Waals surface area contributed by atoms with Gasteiger partial charge in [0.05, 0.1) is 17.5 Å². The second-order valence-corrected chi connectivity index (χ2v) is 8.33. The van der Waals surface area contributed by atoms with Crippen LogP contribution in [0.3, 0.4) is 0 Å². The topological polar surface area (TPSA) is 85.0 Å². The Balaban J connectivity index is 1.28. The van der Waals surface area contributed by atoms with E-state index in [9.17, 15) is 9.59 Å². The average molecular weight is 486 g/mol. The number of rotatable bonds is 6. The molecule has 0 bridgehead atoms. The number of amides is 1. The molecule has 2 aromatic heterocycles. The molecule has 7 nitrogen and oxygen atoms in total. The van der Waals surface area contributed by atoms with E-state index in [-0.39, 0.29) is 0 Å². The third-order valence-corrected chi connectivity index (χ3v) is 5.87. The minimum absolute atomic E-state index is 0.431. The van der Waals surface area contributed by atoms with Gasteiger partial charge in [-0.25, -0.2) is 9.80 Å². The van der Waals surface area contributed by atoms with Gasteiger partial charge in [0.25, 0.3) is 5.91 Å². The van der Waals surface area contributed by atoms with Gasteiger partial charge in [0.15, 0.2) is 6.61 Å². The highest BCUT2D eigenvalue weighted by atomic mass is 35.5. The SMILES string of the molecule is O=C(/C=C/c1cccc2cccnc12)OCC(=O)N1N=C(c2ccc(Cl)cc2)CC1c1ccco1. The van der Waals surface area contributed by atoms with Crippen molar-refractivity contribution in [1.82, 2.24) is 9.99 Å². The summed E-state index contributed by atoms with van der Waals surface area (Å²) in [5, 5.41) is 7.40. The van der Waals surface area contributed by atoms with E-state index in [1.54, 1.807) is 42.8 Å². The molecule has 4 aromatic rings. The lowest BCUT2D eigenvalue weighted by Crippen LogP contribution is -2.31. The van der Waals surface area contributed by atoms with E-state index in [4.69, 9.17) is 20.8 Å². The first-order valence-electron chi connectivity index (χ1n) is 11.0. The summed E-state index contributed by atoms with van der Waals surface area (Å²) >= 11 is 5.99. The van der Waals surface area contributed by atoms with Crippen LogP contribution >= 0.6 is 11.6 Å². The van der Waals surface area contributed by atoms with Gasteiger partial charge in [-0.2, -0.15) is 5.10 Å². The van der Waals surface area contributed by atoms with Crippen molar-refractivity contribution in [3.8, 4) is 0 Å². The highest BCUT2D eigenvalue weighted by molar-refractivity contribution is 6.30. The number of hydrogen-bond donors (Lipinski definition) is 0. The first kappa shape index (κ1) is 22.6. The van der Waals surface area contributed by atoms with Crippen molar-refractivity contribution >= 4 is 46.2 Å². The molecular formula is C27H20ClN3O4. The second-order valence-electron chi connectivity index (χ2n) is 7.89. The lowest BCUT2D eigenvalue weighted by atomic mass is 10.0. The summed E-state index contributed by atoms with van der Waals surface area (Å²) in [7, 11) is 0. The van der Waals surface area contributed by atoms with Gasteiger partial charge in [0.1, 0.15) is 11.8 Å². The number of ether oxygens (including phenoxy) is 1. The normalized spacial score (nSPS) is 15.5. The van der Waals surface area contributed by atoms with Gasteiger partial charge in [-0.1, -0.05) is 48.0 Å². The Labute approximate surface area is 206 Å². The Morgan fingerprint density at radius 2 is 1.91 bits per heavy atom. The molecule has 0 saturated heterocycles. The van der Waals surface area contributed by atoms with E-state index in [0.717, 1.165) is 22.0 Å². The first-order chi connectivity index (χ1) is 17.1. The maximum Gasteiger partial charge on any atom is 0.331 e. The van der Waals surface area contributed by atoms with E-state index in [0.29, 0.717) is 22.9 Å². The molecule has 0 radical (unpaired) electrons. The van der Waals surface area contributed by atoms with E-state index in [1.807, 2.05) is 42.5 Å². The summed E-state index contributed by atoms with van der Waals surface area (Å²) in [5.74, 6) is -0.494. The van der Waals surface area contributed by atoms with Gasteiger partial charge in [-0.15, -0.1) is 0 Å². The van der Waals surface area contributed by atoms with Crippen LogP contribution in [-0.2, 0) is 14.3 Å². The fourth-order valence-corrected chi connectivity index (χ4v) is 4.05. The van der Waals surface area contributed by atoms with Crippen LogP contribution in [0.1, 0.15) is 29.3 Å². The Morgan fingerprint density at radius 1 is 1.09 bits per heavy atom. The number of benzene rings is 2. The molecule has 1 atom stereocenters. The molecule has 0 N–H and O–H groups in total. The van der Waals surface area contributed by atoms with Gasteiger partial charge >= 0.3 is 5.97 Å².